The summed E-state index contributed by atoms with van der Waals surface area (Å²) in [6.45, 7) is -0.239. The van der Waals surface area contributed by atoms with Crippen LogP contribution in [0.5, 0.6) is 0 Å². The number of pyridine rings is 1. The van der Waals surface area contributed by atoms with Crippen molar-refractivity contribution in [3.05, 3.63) is 22.2 Å². The molecule has 1 rings (SSSR count). The summed E-state index contributed by atoms with van der Waals surface area (Å²) in [5, 5.41) is 13.0. The monoisotopic (exact) mass is 211 g/mol. The van der Waals surface area contributed by atoms with E-state index >= 15 is 0 Å². The molecule has 15 heavy (non-hydrogen) atoms. The number of anilines is 2. The fraction of sp³-hybridized carbons (Fsp3) is 0.143. The first-order valence-corrected chi connectivity index (χ1v) is 3.94. The zero-order valence-electron chi connectivity index (χ0n) is 7.64. The summed E-state index contributed by atoms with van der Waals surface area (Å²) in [6.07, 6.45) is 0. The Hall–Kier alpha value is -2.38. The largest absolute Gasteiger partial charge is 0.384 e. The van der Waals surface area contributed by atoms with Gasteiger partial charge in [-0.1, -0.05) is 0 Å². The Kier molecular flexibility index (Phi) is 3.01. The summed E-state index contributed by atoms with van der Waals surface area (Å²) in [4.78, 5) is 24.1. The molecule has 1 heterocycles. The maximum absolute atomic E-state index is 10.5. The SMILES string of the molecule is NC(=O)CNc1nc(N)ccc1[N+](=O)[O-]. The minimum atomic E-state index is -0.645. The third-order valence-corrected chi connectivity index (χ3v) is 1.52. The van der Waals surface area contributed by atoms with E-state index in [1.807, 2.05) is 0 Å². The number of primary amides is 1. The van der Waals surface area contributed by atoms with Crippen molar-refractivity contribution in [1.29, 1.82) is 0 Å². The van der Waals surface area contributed by atoms with Gasteiger partial charge in [0.2, 0.25) is 11.7 Å². The van der Waals surface area contributed by atoms with Crippen LogP contribution in [0.3, 0.4) is 0 Å². The topological polar surface area (TPSA) is 137 Å². The first-order valence-electron chi connectivity index (χ1n) is 3.94. The maximum Gasteiger partial charge on any atom is 0.311 e. The van der Waals surface area contributed by atoms with Crippen molar-refractivity contribution >= 4 is 23.2 Å². The molecule has 0 aliphatic carbocycles. The van der Waals surface area contributed by atoms with Crippen molar-refractivity contribution in [3.8, 4) is 0 Å². The van der Waals surface area contributed by atoms with Gasteiger partial charge in [0.15, 0.2) is 0 Å². The van der Waals surface area contributed by atoms with Crippen molar-refractivity contribution in [2.45, 2.75) is 0 Å². The van der Waals surface area contributed by atoms with Gasteiger partial charge in [-0.3, -0.25) is 14.9 Å². The molecule has 0 aromatic carbocycles. The molecule has 0 saturated carbocycles. The zero-order chi connectivity index (χ0) is 11.4. The molecular formula is C7H9N5O3. The number of hydrogen-bond donors (Lipinski definition) is 3. The molecule has 0 aliphatic heterocycles. The fourth-order valence-electron chi connectivity index (χ4n) is 0.915. The minimum Gasteiger partial charge on any atom is -0.384 e. The van der Waals surface area contributed by atoms with E-state index in [2.05, 4.69) is 10.3 Å². The lowest BCUT2D eigenvalue weighted by molar-refractivity contribution is -0.384. The summed E-state index contributed by atoms with van der Waals surface area (Å²) in [5.74, 6) is -0.597. The molecule has 5 N–H and O–H groups in total. The number of carbonyl (C=O) groups excluding carboxylic acids is 1. The molecule has 8 heteroatoms. The van der Waals surface area contributed by atoms with E-state index in [1.165, 1.54) is 12.1 Å². The molecule has 0 spiro atoms. The normalized spacial score (nSPS) is 9.60. The molecule has 0 atom stereocenters. The van der Waals surface area contributed by atoms with Crippen LogP contribution in [0.1, 0.15) is 0 Å². The Morgan fingerprint density at radius 2 is 2.27 bits per heavy atom. The number of nitrogen functional groups attached to an aromatic ring is 1. The van der Waals surface area contributed by atoms with Gasteiger partial charge in [-0.25, -0.2) is 4.98 Å². The average Bonchev–Trinajstić information content (AvgIpc) is 2.14. The highest BCUT2D eigenvalue weighted by molar-refractivity contribution is 5.79. The van der Waals surface area contributed by atoms with Crippen LogP contribution < -0.4 is 16.8 Å². The third-order valence-electron chi connectivity index (χ3n) is 1.52. The van der Waals surface area contributed by atoms with Crippen molar-refractivity contribution in [2.24, 2.45) is 5.73 Å². The first-order chi connectivity index (χ1) is 7.00. The van der Waals surface area contributed by atoms with E-state index in [4.69, 9.17) is 11.5 Å². The van der Waals surface area contributed by atoms with Gasteiger partial charge in [-0.05, 0) is 6.07 Å². The number of hydrogen-bond acceptors (Lipinski definition) is 6. The average molecular weight is 211 g/mol. The Labute approximate surface area is 84.4 Å². The van der Waals surface area contributed by atoms with Gasteiger partial charge in [-0.15, -0.1) is 0 Å². The van der Waals surface area contributed by atoms with E-state index < -0.39 is 10.8 Å². The lowest BCUT2D eigenvalue weighted by atomic mass is 10.3. The number of aromatic nitrogens is 1. The van der Waals surface area contributed by atoms with E-state index in [0.717, 1.165) is 0 Å². The number of rotatable bonds is 4. The molecule has 0 bridgehead atoms. The number of carbonyl (C=O) groups is 1. The second-order valence-corrected chi connectivity index (χ2v) is 2.68. The molecule has 0 unspecified atom stereocenters. The van der Waals surface area contributed by atoms with Crippen LogP contribution >= 0.6 is 0 Å². The predicted octanol–water partition coefficient (Wildman–Crippen LogP) is -0.531. The standard InChI is InChI=1S/C7H9N5O3/c8-5-2-1-4(12(14)15)7(11-5)10-3-6(9)13/h1-2H,3H2,(H2,9,13)(H3,8,10,11). The smallest absolute Gasteiger partial charge is 0.311 e. The predicted molar refractivity (Wildman–Crippen MR) is 53.0 cm³/mol. The molecule has 0 radical (unpaired) electrons. The molecule has 1 aromatic rings. The van der Waals surface area contributed by atoms with Gasteiger partial charge < -0.3 is 16.8 Å². The lowest BCUT2D eigenvalue weighted by Gasteiger charge is -2.04. The third kappa shape index (κ3) is 2.79. The highest BCUT2D eigenvalue weighted by Crippen LogP contribution is 2.22. The van der Waals surface area contributed by atoms with Crippen molar-refractivity contribution in [3.63, 3.8) is 0 Å². The van der Waals surface area contributed by atoms with Crippen molar-refractivity contribution < 1.29 is 9.72 Å². The van der Waals surface area contributed by atoms with Crippen molar-refractivity contribution in [2.75, 3.05) is 17.6 Å². The molecule has 1 amide bonds. The number of amides is 1. The van der Waals surface area contributed by atoms with Gasteiger partial charge in [-0.2, -0.15) is 0 Å². The quantitative estimate of drug-likeness (QED) is 0.452. The summed E-state index contributed by atoms with van der Waals surface area (Å²) >= 11 is 0. The second-order valence-electron chi connectivity index (χ2n) is 2.68. The highest BCUT2D eigenvalue weighted by Gasteiger charge is 2.15. The number of nitrogens with one attached hydrogen (secondary N) is 1. The number of nitrogens with two attached hydrogens (primary N) is 2. The van der Waals surface area contributed by atoms with E-state index in [0.29, 0.717) is 0 Å². The van der Waals surface area contributed by atoms with Gasteiger partial charge in [0.05, 0.1) is 11.5 Å². The Balaban J connectivity index is 2.96. The van der Waals surface area contributed by atoms with Crippen LogP contribution in [-0.4, -0.2) is 22.4 Å². The summed E-state index contributed by atoms with van der Waals surface area (Å²) in [5.41, 5.74) is 9.96. The van der Waals surface area contributed by atoms with Gasteiger partial charge >= 0.3 is 5.69 Å². The second kappa shape index (κ2) is 4.22. The van der Waals surface area contributed by atoms with Gasteiger partial charge in [0.25, 0.3) is 0 Å². The summed E-state index contributed by atoms with van der Waals surface area (Å²) < 4.78 is 0. The van der Waals surface area contributed by atoms with Gasteiger partial charge in [0, 0.05) is 6.07 Å². The van der Waals surface area contributed by atoms with Crippen LogP contribution in [0.15, 0.2) is 12.1 Å². The molecule has 0 fully saturated rings. The minimum absolute atomic E-state index is 0.0706. The van der Waals surface area contributed by atoms with Crippen LogP contribution in [0.25, 0.3) is 0 Å². The van der Waals surface area contributed by atoms with E-state index in [-0.39, 0.29) is 23.9 Å². The van der Waals surface area contributed by atoms with Crippen LogP contribution in [-0.2, 0) is 4.79 Å². The molecule has 8 nitrogen and oxygen atoms in total. The number of nitro groups is 1. The van der Waals surface area contributed by atoms with E-state index in [1.54, 1.807) is 0 Å². The van der Waals surface area contributed by atoms with E-state index in [9.17, 15) is 14.9 Å². The first kappa shape index (κ1) is 10.7. The maximum atomic E-state index is 10.5. The Morgan fingerprint density at radius 1 is 1.60 bits per heavy atom. The van der Waals surface area contributed by atoms with Crippen molar-refractivity contribution in [1.82, 2.24) is 4.98 Å². The van der Waals surface area contributed by atoms with Crippen LogP contribution in [0.4, 0.5) is 17.3 Å². The van der Waals surface area contributed by atoms with Gasteiger partial charge in [0.1, 0.15) is 5.82 Å². The summed E-state index contributed by atoms with van der Waals surface area (Å²) in [6, 6.07) is 2.50. The van der Waals surface area contributed by atoms with Crippen LogP contribution in [0.2, 0.25) is 0 Å². The molecule has 1 aromatic heterocycles. The number of nitrogens with zero attached hydrogens (tertiary/aromatic N) is 2. The molecular weight excluding hydrogens is 202 g/mol. The van der Waals surface area contributed by atoms with Crippen LogP contribution in [0, 0.1) is 10.1 Å². The highest BCUT2D eigenvalue weighted by atomic mass is 16.6. The zero-order valence-corrected chi connectivity index (χ0v) is 7.64. The Bertz CT molecular complexity index is 406. The molecule has 80 valence electrons. The summed E-state index contributed by atoms with van der Waals surface area (Å²) in [7, 11) is 0. The fourth-order valence-corrected chi connectivity index (χ4v) is 0.915. The molecule has 0 aliphatic rings. The molecule has 0 saturated heterocycles. The Morgan fingerprint density at radius 3 is 2.80 bits per heavy atom. The lowest BCUT2D eigenvalue weighted by Crippen LogP contribution is -2.22.